The quantitative estimate of drug-likeness (QED) is 0.922. The molecule has 1 amide bonds. The molecule has 0 heterocycles. The van der Waals surface area contributed by atoms with E-state index in [1.807, 2.05) is 5.32 Å². The Balaban J connectivity index is 2.04. The fourth-order valence-electron chi connectivity index (χ4n) is 2.24. The minimum Gasteiger partial charge on any atom is -0.493 e. The molecular weight excluding hydrogens is 275 g/mol. The van der Waals surface area contributed by atoms with E-state index < -0.39 is 12.1 Å². The summed E-state index contributed by atoms with van der Waals surface area (Å²) < 4.78 is 46.5. The molecule has 1 atom stereocenters. The molecule has 0 bridgehead atoms. The fourth-order valence-corrected chi connectivity index (χ4v) is 2.24. The summed E-state index contributed by atoms with van der Waals surface area (Å²) in [6.07, 6.45) is -4.24. The van der Waals surface area contributed by atoms with E-state index in [9.17, 15) is 18.0 Å². The van der Waals surface area contributed by atoms with Gasteiger partial charge in [-0.1, -0.05) is 0 Å². The number of benzene rings is 1. The van der Waals surface area contributed by atoms with Crippen LogP contribution in [0.4, 0.5) is 13.2 Å². The van der Waals surface area contributed by atoms with Crippen molar-refractivity contribution in [3.63, 3.8) is 0 Å². The van der Waals surface area contributed by atoms with Gasteiger partial charge in [-0.3, -0.25) is 4.79 Å². The Morgan fingerprint density at radius 2 is 1.90 bits per heavy atom. The molecule has 0 unspecified atom stereocenters. The molecule has 110 valence electrons. The number of ether oxygens (including phenoxy) is 2. The third-order valence-corrected chi connectivity index (χ3v) is 3.32. The van der Waals surface area contributed by atoms with Crippen molar-refractivity contribution in [1.82, 2.24) is 5.32 Å². The number of alkyl halides is 3. The molecule has 0 saturated heterocycles. The molecule has 0 aliphatic heterocycles. The lowest BCUT2D eigenvalue weighted by Gasteiger charge is -2.31. The summed E-state index contributed by atoms with van der Waals surface area (Å²) in [6, 6.07) is 3.54. The van der Waals surface area contributed by atoms with Gasteiger partial charge in [0.05, 0.1) is 14.2 Å². The first kappa shape index (κ1) is 14.5. The largest absolute Gasteiger partial charge is 0.493 e. The Hall–Kier alpha value is -1.92. The van der Waals surface area contributed by atoms with Crippen molar-refractivity contribution in [3.8, 4) is 11.5 Å². The zero-order chi connectivity index (χ0) is 14.9. The molecular formula is C13H14F3NO3. The Labute approximate surface area is 113 Å². The van der Waals surface area contributed by atoms with Crippen LogP contribution in [0.2, 0.25) is 0 Å². The van der Waals surface area contributed by atoms with E-state index in [1.165, 1.54) is 14.2 Å². The summed E-state index contributed by atoms with van der Waals surface area (Å²) in [5.74, 6) is -0.926. The molecule has 1 aliphatic carbocycles. The minimum absolute atomic E-state index is 0.0408. The topological polar surface area (TPSA) is 47.6 Å². The maximum atomic E-state index is 12.1. The van der Waals surface area contributed by atoms with Crippen molar-refractivity contribution in [2.24, 2.45) is 0 Å². The second-order valence-electron chi connectivity index (χ2n) is 4.51. The fraction of sp³-hybridized carbons (Fsp3) is 0.462. The highest BCUT2D eigenvalue weighted by molar-refractivity contribution is 5.81. The van der Waals surface area contributed by atoms with Crippen LogP contribution in [0.15, 0.2) is 12.1 Å². The number of carbonyl (C=O) groups excluding carboxylic acids is 1. The monoisotopic (exact) mass is 289 g/mol. The van der Waals surface area contributed by atoms with Crippen LogP contribution in [-0.4, -0.2) is 32.8 Å². The van der Waals surface area contributed by atoms with Gasteiger partial charge in [0.25, 0.3) is 0 Å². The first-order valence-electron chi connectivity index (χ1n) is 5.96. The number of amides is 1. The van der Waals surface area contributed by atoms with Crippen LogP contribution in [0, 0.1) is 0 Å². The summed E-state index contributed by atoms with van der Waals surface area (Å²) in [5.41, 5.74) is 1.87. The van der Waals surface area contributed by atoms with Crippen molar-refractivity contribution in [1.29, 1.82) is 0 Å². The average Bonchev–Trinajstić information content (AvgIpc) is 2.37. The van der Waals surface area contributed by atoms with Gasteiger partial charge in [-0.15, -0.1) is 0 Å². The highest BCUT2D eigenvalue weighted by Crippen LogP contribution is 2.42. The van der Waals surface area contributed by atoms with Crippen molar-refractivity contribution >= 4 is 5.91 Å². The van der Waals surface area contributed by atoms with Crippen molar-refractivity contribution in [3.05, 3.63) is 23.3 Å². The second kappa shape index (κ2) is 5.22. The lowest BCUT2D eigenvalue weighted by molar-refractivity contribution is -0.173. The van der Waals surface area contributed by atoms with Gasteiger partial charge < -0.3 is 14.8 Å². The molecule has 20 heavy (non-hydrogen) atoms. The SMILES string of the molecule is COc1cc2c(cc1OC)[C@@H](CNC(=O)C(F)(F)F)C2. The van der Waals surface area contributed by atoms with E-state index in [1.54, 1.807) is 12.1 Å². The lowest BCUT2D eigenvalue weighted by Crippen LogP contribution is -2.40. The normalized spacial score (nSPS) is 16.9. The Morgan fingerprint density at radius 3 is 2.45 bits per heavy atom. The van der Waals surface area contributed by atoms with Gasteiger partial charge in [0.1, 0.15) is 0 Å². The van der Waals surface area contributed by atoms with Gasteiger partial charge in [-0.2, -0.15) is 13.2 Å². The van der Waals surface area contributed by atoms with Crippen LogP contribution in [0.25, 0.3) is 0 Å². The van der Waals surface area contributed by atoms with Gasteiger partial charge in [0.2, 0.25) is 0 Å². The van der Waals surface area contributed by atoms with E-state index in [2.05, 4.69) is 0 Å². The predicted octanol–water partition coefficient (Wildman–Crippen LogP) is 2.02. The maximum absolute atomic E-state index is 12.1. The van der Waals surface area contributed by atoms with Gasteiger partial charge in [0, 0.05) is 12.5 Å². The van der Waals surface area contributed by atoms with Gasteiger partial charge in [-0.25, -0.2) is 0 Å². The smallest absolute Gasteiger partial charge is 0.471 e. The van der Waals surface area contributed by atoms with Crippen molar-refractivity contribution in [2.45, 2.75) is 18.5 Å². The summed E-state index contributed by atoms with van der Waals surface area (Å²) in [5, 5.41) is 1.90. The van der Waals surface area contributed by atoms with Crippen LogP contribution in [0.3, 0.4) is 0 Å². The van der Waals surface area contributed by atoms with Crippen LogP contribution in [0.1, 0.15) is 17.0 Å². The molecule has 4 nitrogen and oxygen atoms in total. The molecule has 0 aromatic heterocycles. The summed E-state index contributed by atoms with van der Waals surface area (Å²) in [6.45, 7) is -0.0408. The molecule has 1 aromatic carbocycles. The number of nitrogens with one attached hydrogen (secondary N) is 1. The lowest BCUT2D eigenvalue weighted by atomic mass is 9.77. The number of halogens is 3. The molecule has 1 aromatic rings. The Bertz CT molecular complexity index is 528. The average molecular weight is 289 g/mol. The molecule has 7 heteroatoms. The summed E-state index contributed by atoms with van der Waals surface area (Å²) in [4.78, 5) is 10.8. The molecule has 1 N–H and O–H groups in total. The zero-order valence-electron chi connectivity index (χ0n) is 11.0. The van der Waals surface area contributed by atoms with E-state index >= 15 is 0 Å². The molecule has 0 saturated carbocycles. The number of methoxy groups -OCH3 is 2. The van der Waals surface area contributed by atoms with E-state index in [0.29, 0.717) is 17.9 Å². The second-order valence-corrected chi connectivity index (χ2v) is 4.51. The molecule has 0 radical (unpaired) electrons. The van der Waals surface area contributed by atoms with Crippen molar-refractivity contribution in [2.75, 3.05) is 20.8 Å². The number of carbonyl (C=O) groups is 1. The third kappa shape index (κ3) is 2.66. The van der Waals surface area contributed by atoms with Crippen LogP contribution >= 0.6 is 0 Å². The highest BCUT2D eigenvalue weighted by Gasteiger charge is 2.39. The van der Waals surface area contributed by atoms with Crippen molar-refractivity contribution < 1.29 is 27.4 Å². The van der Waals surface area contributed by atoms with Gasteiger partial charge in [0.15, 0.2) is 11.5 Å². The number of fused-ring (bicyclic) bond motifs is 1. The van der Waals surface area contributed by atoms with E-state index in [-0.39, 0.29) is 12.5 Å². The van der Waals surface area contributed by atoms with Gasteiger partial charge in [-0.05, 0) is 29.7 Å². The van der Waals surface area contributed by atoms with Crippen LogP contribution in [0.5, 0.6) is 11.5 Å². The third-order valence-electron chi connectivity index (χ3n) is 3.32. The first-order valence-corrected chi connectivity index (χ1v) is 5.96. The van der Waals surface area contributed by atoms with Gasteiger partial charge >= 0.3 is 12.1 Å². The first-order chi connectivity index (χ1) is 9.36. The summed E-state index contributed by atoms with van der Waals surface area (Å²) >= 11 is 0. The number of hydrogen-bond donors (Lipinski definition) is 1. The molecule has 0 fully saturated rings. The highest BCUT2D eigenvalue weighted by atomic mass is 19.4. The van der Waals surface area contributed by atoms with E-state index in [4.69, 9.17) is 9.47 Å². The zero-order valence-corrected chi connectivity index (χ0v) is 11.0. The Kier molecular flexibility index (Phi) is 3.78. The number of hydrogen-bond acceptors (Lipinski definition) is 3. The van der Waals surface area contributed by atoms with Crippen LogP contribution < -0.4 is 14.8 Å². The summed E-state index contributed by atoms with van der Waals surface area (Å²) in [7, 11) is 3.01. The van der Waals surface area contributed by atoms with E-state index in [0.717, 1.165) is 11.1 Å². The standard InChI is InChI=1S/C13H14F3NO3/c1-19-10-4-7-3-8(9(7)5-11(10)20-2)6-17-12(18)13(14,15)16/h4-5,8H,3,6H2,1-2H3,(H,17,18)/t8-/m1/s1. The molecule has 1 aliphatic rings. The Morgan fingerprint density at radius 1 is 1.30 bits per heavy atom. The molecule has 0 spiro atoms. The number of rotatable bonds is 4. The predicted molar refractivity (Wildman–Crippen MR) is 65.1 cm³/mol. The van der Waals surface area contributed by atoms with Crippen LogP contribution in [-0.2, 0) is 11.2 Å². The molecule has 2 rings (SSSR count). The minimum atomic E-state index is -4.84. The maximum Gasteiger partial charge on any atom is 0.471 e.